The first kappa shape index (κ1) is 15.5. The Morgan fingerprint density at radius 3 is 2.50 bits per heavy atom. The lowest BCUT2D eigenvalue weighted by molar-refractivity contribution is 0.0245. The molecule has 1 fully saturated rings. The molecule has 1 aromatic rings. The molecule has 1 saturated carbocycles. The molecule has 0 radical (unpaired) electrons. The van der Waals surface area contributed by atoms with Gasteiger partial charge in [-0.25, -0.2) is 0 Å². The predicted molar refractivity (Wildman–Crippen MR) is 83.1 cm³/mol. The third-order valence-electron chi connectivity index (χ3n) is 4.37. The summed E-state index contributed by atoms with van der Waals surface area (Å²) in [4.78, 5) is 0. The Balaban J connectivity index is 2.04. The molecule has 0 saturated heterocycles. The number of benzene rings is 1. The van der Waals surface area contributed by atoms with Crippen LogP contribution in [-0.4, -0.2) is 12.6 Å². The number of hydrogen-bond donors (Lipinski definition) is 2. The van der Waals surface area contributed by atoms with E-state index in [4.69, 9.17) is 10.6 Å². The summed E-state index contributed by atoms with van der Waals surface area (Å²) in [5, 5.41) is 0. The van der Waals surface area contributed by atoms with Crippen LogP contribution in [0.15, 0.2) is 30.3 Å². The lowest BCUT2D eigenvalue weighted by Gasteiger charge is -2.31. The van der Waals surface area contributed by atoms with E-state index < -0.39 is 0 Å². The van der Waals surface area contributed by atoms with Crippen molar-refractivity contribution in [2.24, 2.45) is 11.8 Å². The molecule has 2 rings (SSSR count). The van der Waals surface area contributed by atoms with Gasteiger partial charge in [-0.3, -0.25) is 11.3 Å². The first-order valence-corrected chi connectivity index (χ1v) is 7.97. The summed E-state index contributed by atoms with van der Waals surface area (Å²) >= 11 is 0. The molecule has 0 spiro atoms. The zero-order valence-corrected chi connectivity index (χ0v) is 12.6. The molecule has 112 valence electrons. The van der Waals surface area contributed by atoms with E-state index in [9.17, 15) is 0 Å². The monoisotopic (exact) mass is 276 g/mol. The summed E-state index contributed by atoms with van der Waals surface area (Å²) in [5.74, 6) is 6.62. The Labute approximate surface area is 122 Å². The minimum absolute atomic E-state index is 0.0492. The molecule has 0 aliphatic heterocycles. The van der Waals surface area contributed by atoms with Gasteiger partial charge in [0, 0.05) is 6.61 Å². The topological polar surface area (TPSA) is 47.3 Å². The van der Waals surface area contributed by atoms with Crippen LogP contribution < -0.4 is 11.3 Å². The second kappa shape index (κ2) is 8.40. The van der Waals surface area contributed by atoms with Gasteiger partial charge in [0.2, 0.25) is 0 Å². The zero-order chi connectivity index (χ0) is 14.2. The number of nitrogens with two attached hydrogens (primary N) is 1. The van der Waals surface area contributed by atoms with Gasteiger partial charge in [-0.05, 0) is 24.8 Å². The maximum absolute atomic E-state index is 5.98. The minimum atomic E-state index is 0.0492. The Hall–Kier alpha value is -0.900. The number of hydrazine groups is 1. The molecule has 2 unspecified atom stereocenters. The van der Waals surface area contributed by atoms with Crippen LogP contribution in [0.25, 0.3) is 0 Å². The Bertz CT molecular complexity index is 363. The standard InChI is InChI=1S/C17H28N2O/c1-2-20-17(15-11-7-4-8-12-15)16(19-18)13-14-9-5-3-6-10-14/h4,7-8,11-12,14,16-17,19H,2-3,5-6,9-10,13,18H2,1H3. The van der Waals surface area contributed by atoms with Gasteiger partial charge >= 0.3 is 0 Å². The molecule has 0 bridgehead atoms. The normalized spacial score (nSPS) is 19.7. The molecule has 3 N–H and O–H groups in total. The highest BCUT2D eigenvalue weighted by molar-refractivity contribution is 5.19. The van der Waals surface area contributed by atoms with Gasteiger partial charge in [0.05, 0.1) is 12.1 Å². The van der Waals surface area contributed by atoms with Gasteiger partial charge in [0.1, 0.15) is 0 Å². The molecule has 0 amide bonds. The van der Waals surface area contributed by atoms with Crippen molar-refractivity contribution in [2.75, 3.05) is 6.61 Å². The molecule has 1 aliphatic rings. The lowest BCUT2D eigenvalue weighted by atomic mass is 9.83. The van der Waals surface area contributed by atoms with Crippen LogP contribution in [0.1, 0.15) is 57.1 Å². The molecule has 2 atom stereocenters. The van der Waals surface area contributed by atoms with E-state index in [1.54, 1.807) is 0 Å². The molecule has 0 heterocycles. The number of nitrogens with one attached hydrogen (secondary N) is 1. The quantitative estimate of drug-likeness (QED) is 0.591. The molecule has 3 nitrogen and oxygen atoms in total. The van der Waals surface area contributed by atoms with E-state index in [0.29, 0.717) is 6.61 Å². The van der Waals surface area contributed by atoms with Crippen molar-refractivity contribution in [1.29, 1.82) is 0 Å². The third kappa shape index (κ3) is 4.30. The smallest absolute Gasteiger partial charge is 0.0991 e. The summed E-state index contributed by atoms with van der Waals surface area (Å²) in [6, 6.07) is 10.6. The van der Waals surface area contributed by atoms with Crippen LogP contribution in [-0.2, 0) is 4.74 Å². The summed E-state index contributed by atoms with van der Waals surface area (Å²) in [5.41, 5.74) is 4.22. The van der Waals surface area contributed by atoms with Crippen LogP contribution in [0.2, 0.25) is 0 Å². The average molecular weight is 276 g/mol. The van der Waals surface area contributed by atoms with E-state index in [0.717, 1.165) is 12.3 Å². The molecular formula is C17H28N2O. The Morgan fingerprint density at radius 2 is 1.90 bits per heavy atom. The molecule has 1 aliphatic carbocycles. The van der Waals surface area contributed by atoms with Gasteiger partial charge in [-0.1, -0.05) is 62.4 Å². The van der Waals surface area contributed by atoms with Gasteiger partial charge in [-0.2, -0.15) is 0 Å². The second-order valence-corrected chi connectivity index (χ2v) is 5.80. The minimum Gasteiger partial charge on any atom is -0.372 e. The highest BCUT2D eigenvalue weighted by Gasteiger charge is 2.26. The van der Waals surface area contributed by atoms with Crippen LogP contribution >= 0.6 is 0 Å². The third-order valence-corrected chi connectivity index (χ3v) is 4.37. The van der Waals surface area contributed by atoms with Gasteiger partial charge in [0.25, 0.3) is 0 Å². The van der Waals surface area contributed by atoms with Crippen LogP contribution in [0, 0.1) is 5.92 Å². The van der Waals surface area contributed by atoms with Gasteiger partial charge < -0.3 is 4.74 Å². The lowest BCUT2D eigenvalue weighted by Crippen LogP contribution is -2.42. The van der Waals surface area contributed by atoms with E-state index in [-0.39, 0.29) is 12.1 Å². The van der Waals surface area contributed by atoms with E-state index >= 15 is 0 Å². The highest BCUT2D eigenvalue weighted by atomic mass is 16.5. The first-order valence-electron chi connectivity index (χ1n) is 7.97. The van der Waals surface area contributed by atoms with Gasteiger partial charge in [-0.15, -0.1) is 0 Å². The largest absolute Gasteiger partial charge is 0.372 e. The van der Waals surface area contributed by atoms with Crippen molar-refractivity contribution in [3.63, 3.8) is 0 Å². The molecule has 20 heavy (non-hydrogen) atoms. The van der Waals surface area contributed by atoms with Crippen LogP contribution in [0.5, 0.6) is 0 Å². The average Bonchev–Trinajstić information content (AvgIpc) is 2.52. The first-order chi connectivity index (χ1) is 9.85. The number of hydrogen-bond acceptors (Lipinski definition) is 3. The Kier molecular flexibility index (Phi) is 6.51. The molecule has 1 aromatic carbocycles. The van der Waals surface area contributed by atoms with Crippen LogP contribution in [0.3, 0.4) is 0 Å². The van der Waals surface area contributed by atoms with Crippen molar-refractivity contribution in [3.05, 3.63) is 35.9 Å². The van der Waals surface area contributed by atoms with Gasteiger partial charge in [0.15, 0.2) is 0 Å². The van der Waals surface area contributed by atoms with E-state index in [1.165, 1.54) is 37.7 Å². The number of ether oxygens (including phenoxy) is 1. The number of rotatable bonds is 7. The maximum atomic E-state index is 5.98. The fourth-order valence-electron chi connectivity index (χ4n) is 3.33. The molecular weight excluding hydrogens is 248 g/mol. The fraction of sp³-hybridized carbons (Fsp3) is 0.647. The predicted octanol–water partition coefficient (Wildman–Crippen LogP) is 3.57. The van der Waals surface area contributed by atoms with E-state index in [1.807, 2.05) is 13.0 Å². The summed E-state index contributed by atoms with van der Waals surface area (Å²) in [6.45, 7) is 2.76. The van der Waals surface area contributed by atoms with E-state index in [2.05, 4.69) is 29.7 Å². The summed E-state index contributed by atoms with van der Waals surface area (Å²) < 4.78 is 5.98. The van der Waals surface area contributed by atoms with Crippen molar-refractivity contribution < 1.29 is 4.74 Å². The molecule has 3 heteroatoms. The molecule has 0 aromatic heterocycles. The maximum Gasteiger partial charge on any atom is 0.0991 e. The fourth-order valence-corrected chi connectivity index (χ4v) is 3.33. The van der Waals surface area contributed by atoms with Crippen molar-refractivity contribution in [2.45, 2.75) is 57.6 Å². The summed E-state index contributed by atoms with van der Waals surface area (Å²) in [7, 11) is 0. The van der Waals surface area contributed by atoms with Crippen molar-refractivity contribution in [1.82, 2.24) is 5.43 Å². The highest BCUT2D eigenvalue weighted by Crippen LogP contribution is 2.31. The zero-order valence-electron chi connectivity index (χ0n) is 12.6. The Morgan fingerprint density at radius 1 is 1.20 bits per heavy atom. The SMILES string of the molecule is CCOC(c1ccccc1)C(CC1CCCCC1)NN. The van der Waals surface area contributed by atoms with Crippen molar-refractivity contribution >= 4 is 0 Å². The second-order valence-electron chi connectivity index (χ2n) is 5.80. The van der Waals surface area contributed by atoms with Crippen molar-refractivity contribution in [3.8, 4) is 0 Å². The van der Waals surface area contributed by atoms with Crippen LogP contribution in [0.4, 0.5) is 0 Å². The summed E-state index contributed by atoms with van der Waals surface area (Å²) in [6.07, 6.45) is 7.96.